The van der Waals surface area contributed by atoms with Crippen LogP contribution in [-0.4, -0.2) is 75.3 Å². The highest BCUT2D eigenvalue weighted by molar-refractivity contribution is 6.33. The third kappa shape index (κ3) is 5.21. The smallest absolute Gasteiger partial charge is 0.408 e. The average molecular weight is 538 g/mol. The normalized spacial score (nSPS) is 15.6. The first-order valence-electron chi connectivity index (χ1n) is 12.9. The summed E-state index contributed by atoms with van der Waals surface area (Å²) in [4.78, 5) is 78.9. The van der Waals surface area contributed by atoms with E-state index in [1.54, 1.807) is 20.8 Å². The molecule has 2 aliphatic rings. The molecule has 0 saturated heterocycles. The standard InChI is InChI=1S/C28H31N3O8/c1-5-6-13-30-22(32)15-9-11-17-21-18(12-10-16(20(15)21)23(30)33)25(35)31(24(17)34)14-7-8-19(26(36)37)29-27(38)39-28(2,3)4/h9-12,19H,5-8,13-14H2,1-4H3,(H,29,38)(H,36,37)/t19-/m0/s1. The van der Waals surface area contributed by atoms with Gasteiger partial charge < -0.3 is 15.2 Å². The number of carbonyl (C=O) groups excluding carboxylic acids is 5. The van der Waals surface area contributed by atoms with E-state index in [9.17, 15) is 33.9 Å². The van der Waals surface area contributed by atoms with Gasteiger partial charge in [0.05, 0.1) is 0 Å². The minimum atomic E-state index is -1.28. The van der Waals surface area contributed by atoms with Crippen molar-refractivity contribution in [2.75, 3.05) is 13.1 Å². The monoisotopic (exact) mass is 537 g/mol. The van der Waals surface area contributed by atoms with Crippen molar-refractivity contribution < 1.29 is 38.6 Å². The average Bonchev–Trinajstić information content (AvgIpc) is 2.86. The summed E-state index contributed by atoms with van der Waals surface area (Å²) in [6.07, 6.45) is 0.630. The van der Waals surface area contributed by atoms with Crippen LogP contribution >= 0.6 is 0 Å². The molecule has 2 heterocycles. The van der Waals surface area contributed by atoms with Gasteiger partial charge in [0.2, 0.25) is 0 Å². The Morgan fingerprint density at radius 1 is 0.821 bits per heavy atom. The predicted octanol–water partition coefficient (Wildman–Crippen LogP) is 3.59. The first-order valence-corrected chi connectivity index (χ1v) is 12.9. The topological polar surface area (TPSA) is 150 Å². The predicted molar refractivity (Wildman–Crippen MR) is 140 cm³/mol. The van der Waals surface area contributed by atoms with Crippen LogP contribution in [0.2, 0.25) is 0 Å². The molecule has 0 unspecified atom stereocenters. The van der Waals surface area contributed by atoms with Crippen molar-refractivity contribution in [2.24, 2.45) is 0 Å². The maximum Gasteiger partial charge on any atom is 0.408 e. The number of hydrogen-bond acceptors (Lipinski definition) is 7. The lowest BCUT2D eigenvalue weighted by Gasteiger charge is -2.32. The highest BCUT2D eigenvalue weighted by Crippen LogP contribution is 2.38. The van der Waals surface area contributed by atoms with E-state index >= 15 is 0 Å². The minimum absolute atomic E-state index is 0.0532. The van der Waals surface area contributed by atoms with Crippen molar-refractivity contribution in [2.45, 2.75) is 65.0 Å². The molecule has 206 valence electrons. The number of imide groups is 2. The van der Waals surface area contributed by atoms with Crippen LogP contribution < -0.4 is 5.32 Å². The number of rotatable bonds is 9. The summed E-state index contributed by atoms with van der Waals surface area (Å²) in [5, 5.41) is 12.4. The first kappa shape index (κ1) is 27.7. The van der Waals surface area contributed by atoms with Crippen molar-refractivity contribution in [1.82, 2.24) is 15.1 Å². The van der Waals surface area contributed by atoms with Gasteiger partial charge in [-0.15, -0.1) is 0 Å². The SMILES string of the molecule is CCCCN1C(=O)c2ccc3c4c(ccc(c24)C1=O)C(=O)N(CCC[C@H](NC(=O)OC(C)(C)C)C(=O)O)C3=O. The van der Waals surface area contributed by atoms with E-state index in [0.717, 1.165) is 11.3 Å². The van der Waals surface area contributed by atoms with Crippen LogP contribution in [0.1, 0.15) is 94.8 Å². The molecule has 1 atom stereocenters. The summed E-state index contributed by atoms with van der Waals surface area (Å²) in [5.41, 5.74) is 0.113. The molecule has 0 bridgehead atoms. The lowest BCUT2D eigenvalue weighted by molar-refractivity contribution is -0.139. The number of aliphatic carboxylic acids is 1. The van der Waals surface area contributed by atoms with Crippen molar-refractivity contribution in [3.63, 3.8) is 0 Å². The molecule has 0 aliphatic carbocycles. The molecule has 11 heteroatoms. The summed E-state index contributed by atoms with van der Waals surface area (Å²) < 4.78 is 5.11. The van der Waals surface area contributed by atoms with Gasteiger partial charge in [-0.1, -0.05) is 13.3 Å². The Labute approximate surface area is 225 Å². The largest absolute Gasteiger partial charge is 0.480 e. The highest BCUT2D eigenvalue weighted by atomic mass is 16.6. The molecule has 0 saturated carbocycles. The second-order valence-electron chi connectivity index (χ2n) is 10.6. The van der Waals surface area contributed by atoms with Gasteiger partial charge >= 0.3 is 12.1 Å². The fourth-order valence-corrected chi connectivity index (χ4v) is 4.86. The van der Waals surface area contributed by atoms with Crippen LogP contribution in [0.15, 0.2) is 24.3 Å². The summed E-state index contributed by atoms with van der Waals surface area (Å²) >= 11 is 0. The van der Waals surface area contributed by atoms with Crippen LogP contribution in [0.4, 0.5) is 4.79 Å². The van der Waals surface area contributed by atoms with Crippen LogP contribution in [0.25, 0.3) is 10.8 Å². The molecule has 0 radical (unpaired) electrons. The third-order valence-corrected chi connectivity index (χ3v) is 6.66. The number of nitrogens with zero attached hydrogens (tertiary/aromatic N) is 2. The third-order valence-electron chi connectivity index (χ3n) is 6.66. The van der Waals surface area contributed by atoms with Gasteiger partial charge in [-0.05, 0) is 64.3 Å². The number of alkyl carbamates (subject to hydrolysis) is 1. The zero-order valence-electron chi connectivity index (χ0n) is 22.3. The van der Waals surface area contributed by atoms with Crippen molar-refractivity contribution in [3.05, 3.63) is 46.5 Å². The van der Waals surface area contributed by atoms with E-state index in [1.165, 1.54) is 29.2 Å². The Balaban J connectivity index is 1.56. The Kier molecular flexibility index (Phi) is 7.45. The van der Waals surface area contributed by atoms with E-state index in [4.69, 9.17) is 4.74 Å². The molecule has 2 aliphatic heterocycles. The van der Waals surface area contributed by atoms with Crippen molar-refractivity contribution >= 4 is 46.5 Å². The molecule has 0 fully saturated rings. The maximum atomic E-state index is 13.4. The molecular weight excluding hydrogens is 506 g/mol. The van der Waals surface area contributed by atoms with Crippen LogP contribution in [-0.2, 0) is 9.53 Å². The number of nitrogens with one attached hydrogen (secondary N) is 1. The maximum absolute atomic E-state index is 13.4. The number of carboxylic acid groups (broad SMARTS) is 1. The van der Waals surface area contributed by atoms with Crippen LogP contribution in [0.3, 0.4) is 0 Å². The molecule has 39 heavy (non-hydrogen) atoms. The van der Waals surface area contributed by atoms with E-state index in [1.807, 2.05) is 6.92 Å². The van der Waals surface area contributed by atoms with E-state index < -0.39 is 47.3 Å². The van der Waals surface area contributed by atoms with E-state index in [0.29, 0.717) is 11.8 Å². The number of unbranched alkanes of at least 4 members (excludes halogenated alkanes) is 1. The lowest BCUT2D eigenvalue weighted by Crippen LogP contribution is -2.45. The Morgan fingerprint density at radius 2 is 1.23 bits per heavy atom. The molecule has 2 aromatic rings. The Hall–Kier alpha value is -4.28. The molecule has 0 spiro atoms. The molecule has 0 aromatic heterocycles. The molecule has 2 aromatic carbocycles. The van der Waals surface area contributed by atoms with Crippen molar-refractivity contribution in [1.29, 1.82) is 0 Å². The lowest BCUT2D eigenvalue weighted by atomic mass is 9.86. The number of ether oxygens (including phenoxy) is 1. The molecule has 11 nitrogen and oxygen atoms in total. The van der Waals surface area contributed by atoms with Crippen LogP contribution in [0, 0.1) is 0 Å². The van der Waals surface area contributed by atoms with Gasteiger partial charge in [0.1, 0.15) is 11.6 Å². The second-order valence-corrected chi connectivity index (χ2v) is 10.6. The van der Waals surface area contributed by atoms with Gasteiger partial charge in [-0.3, -0.25) is 29.0 Å². The van der Waals surface area contributed by atoms with Crippen LogP contribution in [0.5, 0.6) is 0 Å². The van der Waals surface area contributed by atoms with Gasteiger partial charge in [0.25, 0.3) is 23.6 Å². The fraction of sp³-hybridized carbons (Fsp3) is 0.429. The quantitative estimate of drug-likeness (QED) is 0.461. The zero-order valence-corrected chi connectivity index (χ0v) is 22.3. The summed E-state index contributed by atoms with van der Waals surface area (Å²) in [7, 11) is 0. The number of carbonyl (C=O) groups is 6. The Bertz CT molecular complexity index is 1340. The van der Waals surface area contributed by atoms with E-state index in [-0.39, 0.29) is 53.6 Å². The summed E-state index contributed by atoms with van der Waals surface area (Å²) in [5.74, 6) is -3.38. The molecular formula is C28H31N3O8. The first-order chi connectivity index (χ1) is 18.4. The number of amides is 5. The molecule has 2 N–H and O–H groups in total. The van der Waals surface area contributed by atoms with Gasteiger partial charge in [-0.2, -0.15) is 0 Å². The van der Waals surface area contributed by atoms with Gasteiger partial charge in [-0.25, -0.2) is 9.59 Å². The highest BCUT2D eigenvalue weighted by Gasteiger charge is 2.39. The Morgan fingerprint density at radius 3 is 1.59 bits per heavy atom. The second kappa shape index (κ2) is 10.5. The summed E-state index contributed by atoms with van der Waals surface area (Å²) in [6.45, 7) is 7.10. The fourth-order valence-electron chi connectivity index (χ4n) is 4.86. The van der Waals surface area contributed by atoms with Crippen molar-refractivity contribution in [3.8, 4) is 0 Å². The summed E-state index contributed by atoms with van der Waals surface area (Å²) in [6, 6.07) is 4.72. The van der Waals surface area contributed by atoms with Gasteiger partial charge in [0, 0.05) is 46.1 Å². The van der Waals surface area contributed by atoms with E-state index in [2.05, 4.69) is 5.32 Å². The number of benzene rings is 2. The minimum Gasteiger partial charge on any atom is -0.480 e. The van der Waals surface area contributed by atoms with Gasteiger partial charge in [0.15, 0.2) is 0 Å². The zero-order chi connectivity index (χ0) is 28.6. The number of hydrogen-bond donors (Lipinski definition) is 2. The number of carboxylic acids is 1. The molecule has 5 amide bonds. The molecule has 4 rings (SSSR count).